The van der Waals surface area contributed by atoms with Gasteiger partial charge in [0.05, 0.1) is 17.8 Å². The summed E-state index contributed by atoms with van der Waals surface area (Å²) < 4.78 is 29.7. The number of nitrogens with two attached hydrogens (primary N) is 1. The minimum absolute atomic E-state index is 0.00653. The number of nitrogens with zero attached hydrogens (tertiary/aromatic N) is 1. The van der Waals surface area contributed by atoms with E-state index in [0.717, 1.165) is 25.7 Å². The van der Waals surface area contributed by atoms with Gasteiger partial charge < -0.3 is 15.4 Å². The summed E-state index contributed by atoms with van der Waals surface area (Å²) in [5.74, 6) is 0.280. The van der Waals surface area contributed by atoms with Gasteiger partial charge in [0.2, 0.25) is 5.91 Å². The van der Waals surface area contributed by atoms with Gasteiger partial charge in [0, 0.05) is 25.6 Å². The third kappa shape index (κ3) is 4.70. The first-order chi connectivity index (χ1) is 11.3. The van der Waals surface area contributed by atoms with E-state index < -0.39 is 9.84 Å². The highest BCUT2D eigenvalue weighted by Crippen LogP contribution is 2.22. The molecule has 1 aromatic carbocycles. The standard InChI is InChI=1S/C17H26N2O4S/c1-19(14-5-3-13(18)4-6-14)17(20)11-12-24(21,22)16-9-7-15(23-2)8-10-16/h7-10,13-14H,3-6,11-12,18H2,1-2H3. The van der Waals surface area contributed by atoms with Gasteiger partial charge in [-0.1, -0.05) is 0 Å². The van der Waals surface area contributed by atoms with Gasteiger partial charge in [-0.25, -0.2) is 8.42 Å². The van der Waals surface area contributed by atoms with Crippen molar-refractivity contribution < 1.29 is 17.9 Å². The normalized spacial score (nSPS) is 21.3. The molecular formula is C17H26N2O4S. The van der Waals surface area contributed by atoms with E-state index in [1.165, 1.54) is 19.2 Å². The van der Waals surface area contributed by atoms with Crippen molar-refractivity contribution in [2.75, 3.05) is 19.9 Å². The predicted molar refractivity (Wildman–Crippen MR) is 92.7 cm³/mol. The Balaban J connectivity index is 1.91. The fourth-order valence-corrected chi connectivity index (χ4v) is 4.22. The Hall–Kier alpha value is -1.60. The number of rotatable bonds is 6. The van der Waals surface area contributed by atoms with Gasteiger partial charge in [0.15, 0.2) is 9.84 Å². The Morgan fingerprint density at radius 3 is 2.33 bits per heavy atom. The minimum atomic E-state index is -3.48. The lowest BCUT2D eigenvalue weighted by Gasteiger charge is -2.33. The highest BCUT2D eigenvalue weighted by atomic mass is 32.2. The summed E-state index contributed by atoms with van der Waals surface area (Å²) in [7, 11) is -0.199. The van der Waals surface area contributed by atoms with Gasteiger partial charge in [0.1, 0.15) is 5.75 Å². The Kier molecular flexibility index (Phi) is 6.23. The predicted octanol–water partition coefficient (Wildman–Crippen LogP) is 1.59. The van der Waals surface area contributed by atoms with Crippen molar-refractivity contribution in [2.45, 2.75) is 49.1 Å². The van der Waals surface area contributed by atoms with Gasteiger partial charge in [-0.15, -0.1) is 0 Å². The molecule has 1 aliphatic carbocycles. The van der Waals surface area contributed by atoms with E-state index in [9.17, 15) is 13.2 Å². The van der Waals surface area contributed by atoms with Gasteiger partial charge in [-0.05, 0) is 49.9 Å². The van der Waals surface area contributed by atoms with Crippen LogP contribution in [0.3, 0.4) is 0 Å². The summed E-state index contributed by atoms with van der Waals surface area (Å²) >= 11 is 0. The first-order valence-electron chi connectivity index (χ1n) is 8.21. The smallest absolute Gasteiger partial charge is 0.223 e. The summed E-state index contributed by atoms with van der Waals surface area (Å²) in [6.07, 6.45) is 3.58. The van der Waals surface area contributed by atoms with Crippen LogP contribution in [0, 0.1) is 0 Å². The molecule has 1 saturated carbocycles. The molecule has 134 valence electrons. The molecule has 1 amide bonds. The Labute approximate surface area is 143 Å². The van der Waals surface area contributed by atoms with E-state index >= 15 is 0 Å². The Bertz CT molecular complexity index is 650. The first-order valence-corrected chi connectivity index (χ1v) is 9.87. The maximum absolute atomic E-state index is 12.4. The van der Waals surface area contributed by atoms with Gasteiger partial charge in [0.25, 0.3) is 0 Å². The van der Waals surface area contributed by atoms with Crippen molar-refractivity contribution in [1.29, 1.82) is 0 Å². The highest BCUT2D eigenvalue weighted by molar-refractivity contribution is 7.91. The molecule has 0 bridgehead atoms. The topological polar surface area (TPSA) is 89.7 Å². The quantitative estimate of drug-likeness (QED) is 0.838. The van der Waals surface area contributed by atoms with Crippen molar-refractivity contribution in [3.05, 3.63) is 24.3 Å². The lowest BCUT2D eigenvalue weighted by Crippen LogP contribution is -2.42. The molecule has 24 heavy (non-hydrogen) atoms. The monoisotopic (exact) mass is 354 g/mol. The molecule has 1 fully saturated rings. The molecule has 0 aromatic heterocycles. The summed E-state index contributed by atoms with van der Waals surface area (Å²) in [6, 6.07) is 6.61. The molecule has 1 aromatic rings. The second-order valence-corrected chi connectivity index (χ2v) is 8.43. The fraction of sp³-hybridized carbons (Fsp3) is 0.588. The molecule has 0 radical (unpaired) electrons. The first kappa shape index (κ1) is 18.7. The van der Waals surface area contributed by atoms with Crippen LogP contribution in [0.2, 0.25) is 0 Å². The summed E-state index contributed by atoms with van der Waals surface area (Å²) in [5, 5.41) is 0. The zero-order valence-electron chi connectivity index (χ0n) is 14.3. The van der Waals surface area contributed by atoms with E-state index in [2.05, 4.69) is 0 Å². The summed E-state index contributed by atoms with van der Waals surface area (Å²) in [5.41, 5.74) is 5.88. The van der Waals surface area contributed by atoms with Crippen LogP contribution >= 0.6 is 0 Å². The molecule has 0 heterocycles. The lowest BCUT2D eigenvalue weighted by atomic mass is 9.91. The van der Waals surface area contributed by atoms with Gasteiger partial charge in [-0.2, -0.15) is 0 Å². The van der Waals surface area contributed by atoms with Crippen LogP contribution < -0.4 is 10.5 Å². The fourth-order valence-electron chi connectivity index (χ4n) is 2.99. The molecule has 7 heteroatoms. The molecule has 0 atom stereocenters. The third-order valence-corrected chi connectivity index (χ3v) is 6.42. The SMILES string of the molecule is COc1ccc(S(=O)(=O)CCC(=O)N(C)C2CCC(N)CC2)cc1. The molecule has 0 aliphatic heterocycles. The van der Waals surface area contributed by atoms with Crippen molar-refractivity contribution >= 4 is 15.7 Å². The van der Waals surface area contributed by atoms with E-state index in [-0.39, 0.29) is 35.1 Å². The number of carbonyl (C=O) groups excluding carboxylic acids is 1. The number of methoxy groups -OCH3 is 1. The van der Waals surface area contributed by atoms with Crippen LogP contribution in [0.4, 0.5) is 0 Å². The van der Waals surface area contributed by atoms with Crippen LogP contribution in [-0.2, 0) is 14.6 Å². The number of amides is 1. The molecule has 0 unspecified atom stereocenters. The molecule has 1 aliphatic rings. The van der Waals surface area contributed by atoms with E-state index in [0.29, 0.717) is 5.75 Å². The maximum atomic E-state index is 12.4. The molecule has 0 saturated heterocycles. The van der Waals surface area contributed by atoms with Crippen LogP contribution in [-0.4, -0.2) is 51.2 Å². The van der Waals surface area contributed by atoms with Crippen molar-refractivity contribution in [1.82, 2.24) is 4.90 Å². The molecular weight excluding hydrogens is 328 g/mol. The number of hydrogen-bond donors (Lipinski definition) is 1. The molecule has 2 rings (SSSR count). The van der Waals surface area contributed by atoms with Crippen LogP contribution in [0.5, 0.6) is 5.75 Å². The maximum Gasteiger partial charge on any atom is 0.223 e. The van der Waals surface area contributed by atoms with Crippen molar-refractivity contribution in [2.24, 2.45) is 5.73 Å². The molecule has 2 N–H and O–H groups in total. The van der Waals surface area contributed by atoms with E-state index in [4.69, 9.17) is 10.5 Å². The van der Waals surface area contributed by atoms with Crippen molar-refractivity contribution in [3.8, 4) is 5.75 Å². The second kappa shape index (κ2) is 7.98. The number of sulfone groups is 1. The number of hydrogen-bond acceptors (Lipinski definition) is 5. The molecule has 0 spiro atoms. The van der Waals surface area contributed by atoms with Crippen LogP contribution in [0.1, 0.15) is 32.1 Å². The van der Waals surface area contributed by atoms with Crippen LogP contribution in [0.15, 0.2) is 29.2 Å². The second-order valence-electron chi connectivity index (χ2n) is 6.32. The van der Waals surface area contributed by atoms with Gasteiger partial charge >= 0.3 is 0 Å². The molecule has 6 nitrogen and oxygen atoms in total. The van der Waals surface area contributed by atoms with E-state index in [1.807, 2.05) is 0 Å². The Morgan fingerprint density at radius 1 is 1.21 bits per heavy atom. The van der Waals surface area contributed by atoms with Gasteiger partial charge in [-0.3, -0.25) is 4.79 Å². The summed E-state index contributed by atoms with van der Waals surface area (Å²) in [4.78, 5) is 14.2. The summed E-state index contributed by atoms with van der Waals surface area (Å²) in [6.45, 7) is 0. The largest absolute Gasteiger partial charge is 0.497 e. The van der Waals surface area contributed by atoms with Crippen molar-refractivity contribution in [3.63, 3.8) is 0 Å². The number of benzene rings is 1. The highest BCUT2D eigenvalue weighted by Gasteiger charge is 2.26. The zero-order valence-corrected chi connectivity index (χ0v) is 15.1. The minimum Gasteiger partial charge on any atom is -0.497 e. The Morgan fingerprint density at radius 2 is 1.79 bits per heavy atom. The zero-order chi connectivity index (χ0) is 17.7. The average molecular weight is 354 g/mol. The number of ether oxygens (including phenoxy) is 1. The lowest BCUT2D eigenvalue weighted by molar-refractivity contribution is -0.132. The average Bonchev–Trinajstić information content (AvgIpc) is 2.60. The van der Waals surface area contributed by atoms with E-state index in [1.54, 1.807) is 24.1 Å². The third-order valence-electron chi connectivity index (χ3n) is 4.69. The van der Waals surface area contributed by atoms with Crippen LogP contribution in [0.25, 0.3) is 0 Å². The number of carbonyl (C=O) groups is 1.